The third kappa shape index (κ3) is 3.90. The summed E-state index contributed by atoms with van der Waals surface area (Å²) in [6.45, 7) is 9.57. The Morgan fingerprint density at radius 3 is 2.62 bits per heavy atom. The van der Waals surface area contributed by atoms with Crippen LogP contribution in [0.2, 0.25) is 0 Å². The summed E-state index contributed by atoms with van der Waals surface area (Å²) in [7, 11) is 1.65. The SMILES string of the molecule is Cc1nc(-c2cncc(F)c2)sc1N(C)C(=O)OC(C)(C)C(C)C. The number of aryl methyl sites for hydroxylation is 1. The second-order valence-corrected chi connectivity index (χ2v) is 7.46. The fraction of sp³-hybridized carbons (Fsp3) is 0.471. The highest BCUT2D eigenvalue weighted by molar-refractivity contribution is 7.19. The summed E-state index contributed by atoms with van der Waals surface area (Å²) in [6, 6.07) is 1.37. The normalized spacial score (nSPS) is 11.7. The van der Waals surface area contributed by atoms with Gasteiger partial charge < -0.3 is 4.74 Å². The minimum absolute atomic E-state index is 0.186. The van der Waals surface area contributed by atoms with Crippen LogP contribution < -0.4 is 4.90 Å². The number of nitrogens with zero attached hydrogens (tertiary/aromatic N) is 3. The van der Waals surface area contributed by atoms with Gasteiger partial charge in [0.15, 0.2) is 0 Å². The molecule has 2 aromatic rings. The quantitative estimate of drug-likeness (QED) is 0.804. The van der Waals surface area contributed by atoms with Gasteiger partial charge in [-0.2, -0.15) is 0 Å². The lowest BCUT2D eigenvalue weighted by atomic mass is 9.95. The summed E-state index contributed by atoms with van der Waals surface area (Å²) >= 11 is 1.30. The van der Waals surface area contributed by atoms with Crippen molar-refractivity contribution in [3.8, 4) is 10.6 Å². The zero-order valence-electron chi connectivity index (χ0n) is 14.8. The maximum atomic E-state index is 13.3. The van der Waals surface area contributed by atoms with Gasteiger partial charge in [0.1, 0.15) is 21.4 Å². The number of aromatic nitrogens is 2. The summed E-state index contributed by atoms with van der Waals surface area (Å²) in [6.07, 6.45) is 2.25. The third-order valence-electron chi connectivity index (χ3n) is 4.04. The fourth-order valence-electron chi connectivity index (χ4n) is 1.85. The van der Waals surface area contributed by atoms with Crippen LogP contribution in [0.3, 0.4) is 0 Å². The van der Waals surface area contributed by atoms with E-state index >= 15 is 0 Å². The molecule has 2 aromatic heterocycles. The Morgan fingerprint density at radius 2 is 2.04 bits per heavy atom. The number of amides is 1. The van der Waals surface area contributed by atoms with Gasteiger partial charge in [-0.25, -0.2) is 14.2 Å². The second-order valence-electron chi connectivity index (χ2n) is 6.49. The van der Waals surface area contributed by atoms with Crippen LogP contribution in [-0.2, 0) is 4.74 Å². The van der Waals surface area contributed by atoms with Crippen LogP contribution >= 0.6 is 11.3 Å². The van der Waals surface area contributed by atoms with Crippen molar-refractivity contribution in [1.82, 2.24) is 9.97 Å². The Balaban J connectivity index is 2.25. The largest absolute Gasteiger partial charge is 0.443 e. The van der Waals surface area contributed by atoms with Crippen molar-refractivity contribution >= 4 is 22.4 Å². The molecule has 2 rings (SSSR count). The molecule has 0 spiro atoms. The van der Waals surface area contributed by atoms with Gasteiger partial charge in [0.25, 0.3) is 0 Å². The average Bonchev–Trinajstić information content (AvgIpc) is 2.87. The van der Waals surface area contributed by atoms with Gasteiger partial charge in [0.05, 0.1) is 11.9 Å². The van der Waals surface area contributed by atoms with Gasteiger partial charge in [0.2, 0.25) is 0 Å². The van der Waals surface area contributed by atoms with Crippen LogP contribution in [0.4, 0.5) is 14.2 Å². The van der Waals surface area contributed by atoms with Crippen LogP contribution in [0.15, 0.2) is 18.5 Å². The molecule has 0 aliphatic carbocycles. The van der Waals surface area contributed by atoms with E-state index in [-0.39, 0.29) is 5.92 Å². The Bertz CT molecular complexity index is 743. The zero-order chi connectivity index (χ0) is 18.1. The number of hydrogen-bond donors (Lipinski definition) is 0. The van der Waals surface area contributed by atoms with Gasteiger partial charge in [-0.15, -0.1) is 0 Å². The lowest BCUT2D eigenvalue weighted by molar-refractivity contribution is 0.00992. The standard InChI is InChI=1S/C17H22FN3O2S/c1-10(2)17(4,5)23-16(22)21(6)15-11(3)20-14(24-15)12-7-13(18)9-19-8-12/h7-10H,1-6H3. The van der Waals surface area contributed by atoms with Gasteiger partial charge >= 0.3 is 6.09 Å². The van der Waals surface area contributed by atoms with Crippen molar-refractivity contribution in [2.24, 2.45) is 5.92 Å². The van der Waals surface area contributed by atoms with Crippen LogP contribution in [0, 0.1) is 18.7 Å². The molecule has 5 nitrogen and oxygen atoms in total. The van der Waals surface area contributed by atoms with E-state index in [2.05, 4.69) is 9.97 Å². The first-order valence-corrected chi connectivity index (χ1v) is 8.48. The Labute approximate surface area is 145 Å². The Hall–Kier alpha value is -2.02. The maximum absolute atomic E-state index is 13.3. The molecule has 0 N–H and O–H groups in total. The molecule has 0 saturated carbocycles. The van der Waals surface area contributed by atoms with Crippen LogP contribution in [0.1, 0.15) is 33.4 Å². The summed E-state index contributed by atoms with van der Waals surface area (Å²) in [5.41, 5.74) is 0.693. The number of hydrogen-bond acceptors (Lipinski definition) is 5. The van der Waals surface area contributed by atoms with E-state index in [1.807, 2.05) is 27.7 Å². The molecule has 0 aliphatic heterocycles. The minimum Gasteiger partial charge on any atom is -0.443 e. The van der Waals surface area contributed by atoms with Gasteiger partial charge in [-0.3, -0.25) is 9.88 Å². The Morgan fingerprint density at radius 1 is 1.38 bits per heavy atom. The van der Waals surface area contributed by atoms with Crippen molar-refractivity contribution < 1.29 is 13.9 Å². The van der Waals surface area contributed by atoms with Crippen LogP contribution in [0.25, 0.3) is 10.6 Å². The monoisotopic (exact) mass is 351 g/mol. The van der Waals surface area contributed by atoms with Crippen molar-refractivity contribution in [3.05, 3.63) is 30.0 Å². The highest BCUT2D eigenvalue weighted by Gasteiger charge is 2.30. The number of pyridine rings is 1. The zero-order valence-corrected chi connectivity index (χ0v) is 15.6. The first kappa shape index (κ1) is 18.3. The minimum atomic E-state index is -0.570. The molecule has 0 bridgehead atoms. The van der Waals surface area contributed by atoms with E-state index in [0.29, 0.717) is 21.3 Å². The molecule has 24 heavy (non-hydrogen) atoms. The molecule has 0 aromatic carbocycles. The molecular formula is C17H22FN3O2S. The van der Waals surface area contributed by atoms with Crippen LogP contribution in [-0.4, -0.2) is 28.7 Å². The predicted octanol–water partition coefficient (Wildman–Crippen LogP) is 4.66. The topological polar surface area (TPSA) is 55.3 Å². The van der Waals surface area contributed by atoms with Gasteiger partial charge in [-0.1, -0.05) is 25.2 Å². The fourth-order valence-corrected chi connectivity index (χ4v) is 2.85. The van der Waals surface area contributed by atoms with E-state index in [1.165, 1.54) is 22.3 Å². The molecule has 0 radical (unpaired) electrons. The summed E-state index contributed by atoms with van der Waals surface area (Å²) < 4.78 is 18.9. The first-order valence-electron chi connectivity index (χ1n) is 7.67. The third-order valence-corrected chi connectivity index (χ3v) is 5.33. The summed E-state index contributed by atoms with van der Waals surface area (Å²) in [5, 5.41) is 1.27. The van der Waals surface area contributed by atoms with Crippen LogP contribution in [0.5, 0.6) is 0 Å². The van der Waals surface area contributed by atoms with Gasteiger partial charge in [-0.05, 0) is 32.8 Å². The number of ether oxygens (including phenoxy) is 1. The number of rotatable bonds is 4. The molecule has 0 atom stereocenters. The molecule has 0 aliphatic rings. The molecule has 130 valence electrons. The van der Waals surface area contributed by atoms with Gasteiger partial charge in [0, 0.05) is 18.8 Å². The van der Waals surface area contributed by atoms with Crippen molar-refractivity contribution in [1.29, 1.82) is 0 Å². The molecule has 7 heteroatoms. The number of anilines is 1. The number of carbonyl (C=O) groups excluding carboxylic acids is 1. The highest BCUT2D eigenvalue weighted by atomic mass is 32.1. The Kier molecular flexibility index (Phi) is 5.22. The average molecular weight is 351 g/mol. The lowest BCUT2D eigenvalue weighted by Crippen LogP contribution is -2.39. The smallest absolute Gasteiger partial charge is 0.415 e. The highest BCUT2D eigenvalue weighted by Crippen LogP contribution is 2.34. The molecule has 0 saturated heterocycles. The second kappa shape index (κ2) is 6.84. The lowest BCUT2D eigenvalue weighted by Gasteiger charge is -2.31. The molecule has 2 heterocycles. The number of carbonyl (C=O) groups is 1. The van der Waals surface area contributed by atoms with E-state index in [1.54, 1.807) is 20.2 Å². The molecular weight excluding hydrogens is 329 g/mol. The van der Waals surface area contributed by atoms with E-state index < -0.39 is 17.5 Å². The van der Waals surface area contributed by atoms with Crippen molar-refractivity contribution in [2.75, 3.05) is 11.9 Å². The van der Waals surface area contributed by atoms with E-state index in [0.717, 1.165) is 6.20 Å². The summed E-state index contributed by atoms with van der Waals surface area (Å²) in [4.78, 5) is 22.1. The number of halogens is 1. The molecule has 0 fully saturated rings. The van der Waals surface area contributed by atoms with Crippen molar-refractivity contribution in [3.63, 3.8) is 0 Å². The summed E-state index contributed by atoms with van der Waals surface area (Å²) in [5.74, 6) is -0.236. The van der Waals surface area contributed by atoms with E-state index in [4.69, 9.17) is 4.74 Å². The number of thiazole rings is 1. The van der Waals surface area contributed by atoms with E-state index in [9.17, 15) is 9.18 Å². The molecule has 1 amide bonds. The maximum Gasteiger partial charge on any atom is 0.415 e. The predicted molar refractivity (Wildman–Crippen MR) is 93.8 cm³/mol. The first-order chi connectivity index (χ1) is 11.1. The molecule has 0 unspecified atom stereocenters. The van der Waals surface area contributed by atoms with Crippen molar-refractivity contribution in [2.45, 2.75) is 40.2 Å².